The number of aryl methyl sites for hydroxylation is 1. The molecule has 0 atom stereocenters. The standard InChI is InChI=1S/C19H20N4O2/c1-22(2)17(24)9-10-23-16-6-4-5-15-18(16)19(21-23)13-11-12(25-3)7-8-14(13)20-15/h4-8,11,20H,9-10H2,1-3H3. The molecule has 6 heteroatoms. The number of benzene rings is 2. The SMILES string of the molecule is COc1ccc2c(c1)-c1nn(CCC(=O)N(C)C)c3cccc(c13)N2. The summed E-state index contributed by atoms with van der Waals surface area (Å²) in [6.45, 7) is 0.552. The van der Waals surface area contributed by atoms with Gasteiger partial charge in [-0.25, -0.2) is 0 Å². The van der Waals surface area contributed by atoms with Crippen LogP contribution in [0.4, 0.5) is 11.4 Å². The minimum absolute atomic E-state index is 0.0939. The summed E-state index contributed by atoms with van der Waals surface area (Å²) < 4.78 is 7.29. The van der Waals surface area contributed by atoms with Gasteiger partial charge >= 0.3 is 0 Å². The van der Waals surface area contributed by atoms with Crippen molar-refractivity contribution in [1.29, 1.82) is 0 Å². The molecule has 1 aromatic heterocycles. The summed E-state index contributed by atoms with van der Waals surface area (Å²) in [5.74, 6) is 0.891. The molecule has 1 aliphatic heterocycles. The number of anilines is 2. The highest BCUT2D eigenvalue weighted by Gasteiger charge is 2.23. The Morgan fingerprint density at radius 3 is 2.84 bits per heavy atom. The second kappa shape index (κ2) is 5.81. The Balaban J connectivity index is 1.82. The van der Waals surface area contributed by atoms with Crippen molar-refractivity contribution in [3.8, 4) is 17.0 Å². The van der Waals surface area contributed by atoms with E-state index in [1.54, 1.807) is 26.1 Å². The van der Waals surface area contributed by atoms with E-state index in [2.05, 4.69) is 11.4 Å². The molecule has 3 aromatic rings. The zero-order valence-electron chi connectivity index (χ0n) is 14.5. The smallest absolute Gasteiger partial charge is 0.223 e. The maximum Gasteiger partial charge on any atom is 0.223 e. The van der Waals surface area contributed by atoms with E-state index in [1.807, 2.05) is 35.0 Å². The summed E-state index contributed by atoms with van der Waals surface area (Å²) in [5.41, 5.74) is 5.02. The van der Waals surface area contributed by atoms with Gasteiger partial charge in [-0.3, -0.25) is 9.48 Å². The van der Waals surface area contributed by atoms with Crippen LogP contribution >= 0.6 is 0 Å². The average molecular weight is 336 g/mol. The van der Waals surface area contributed by atoms with Crippen LogP contribution in [-0.2, 0) is 11.3 Å². The number of aromatic nitrogens is 2. The van der Waals surface area contributed by atoms with E-state index < -0.39 is 0 Å². The minimum atomic E-state index is 0.0939. The summed E-state index contributed by atoms with van der Waals surface area (Å²) in [5, 5.41) is 9.37. The normalized spacial score (nSPS) is 11.8. The van der Waals surface area contributed by atoms with Gasteiger partial charge in [-0.15, -0.1) is 0 Å². The largest absolute Gasteiger partial charge is 0.497 e. The van der Waals surface area contributed by atoms with Gasteiger partial charge in [0.05, 0.1) is 30.2 Å². The van der Waals surface area contributed by atoms with E-state index in [0.717, 1.165) is 39.3 Å². The zero-order valence-corrected chi connectivity index (χ0v) is 14.5. The van der Waals surface area contributed by atoms with E-state index >= 15 is 0 Å². The highest BCUT2D eigenvalue weighted by molar-refractivity contribution is 6.09. The lowest BCUT2D eigenvalue weighted by molar-refractivity contribution is -0.128. The van der Waals surface area contributed by atoms with Crippen molar-refractivity contribution in [3.63, 3.8) is 0 Å². The number of nitrogens with one attached hydrogen (secondary N) is 1. The van der Waals surface area contributed by atoms with Crippen LogP contribution in [0, 0.1) is 0 Å². The monoisotopic (exact) mass is 336 g/mol. The first kappa shape index (κ1) is 15.5. The highest BCUT2D eigenvalue weighted by atomic mass is 16.5. The Bertz CT molecular complexity index is 975. The molecular formula is C19H20N4O2. The molecule has 0 unspecified atom stereocenters. The van der Waals surface area contributed by atoms with Gasteiger partial charge in [-0.2, -0.15) is 5.10 Å². The number of hydrogen-bond donors (Lipinski definition) is 1. The fourth-order valence-corrected chi connectivity index (χ4v) is 3.22. The molecule has 25 heavy (non-hydrogen) atoms. The molecule has 6 nitrogen and oxygen atoms in total. The predicted molar refractivity (Wildman–Crippen MR) is 98.3 cm³/mol. The summed E-state index contributed by atoms with van der Waals surface area (Å²) in [6, 6.07) is 12.0. The molecule has 1 amide bonds. The number of ether oxygens (including phenoxy) is 1. The molecule has 0 fully saturated rings. The molecule has 0 saturated carbocycles. The molecule has 1 aliphatic rings. The van der Waals surface area contributed by atoms with Crippen LogP contribution < -0.4 is 10.1 Å². The Hall–Kier alpha value is -3.02. The van der Waals surface area contributed by atoms with Gasteiger partial charge in [-0.05, 0) is 30.3 Å². The first-order chi connectivity index (χ1) is 12.1. The number of hydrogen-bond acceptors (Lipinski definition) is 4. The third-order valence-electron chi connectivity index (χ3n) is 4.57. The molecule has 0 aliphatic carbocycles. The number of methoxy groups -OCH3 is 1. The number of amides is 1. The van der Waals surface area contributed by atoms with E-state index in [9.17, 15) is 4.79 Å². The maximum atomic E-state index is 11.9. The van der Waals surface area contributed by atoms with Crippen LogP contribution in [0.1, 0.15) is 6.42 Å². The third kappa shape index (κ3) is 2.50. The summed E-state index contributed by atoms with van der Waals surface area (Å²) in [6.07, 6.45) is 0.422. The molecule has 2 heterocycles. The first-order valence-electron chi connectivity index (χ1n) is 8.23. The number of rotatable bonds is 4. The van der Waals surface area contributed by atoms with Crippen LogP contribution in [-0.4, -0.2) is 41.8 Å². The zero-order chi connectivity index (χ0) is 17.6. The maximum absolute atomic E-state index is 11.9. The summed E-state index contributed by atoms with van der Waals surface area (Å²) >= 11 is 0. The quantitative estimate of drug-likeness (QED) is 0.621. The van der Waals surface area contributed by atoms with E-state index in [4.69, 9.17) is 9.84 Å². The fourth-order valence-electron chi connectivity index (χ4n) is 3.22. The Kier molecular flexibility index (Phi) is 3.60. The van der Waals surface area contributed by atoms with Crippen LogP contribution in [0.15, 0.2) is 36.4 Å². The Labute approximate surface area is 146 Å². The van der Waals surface area contributed by atoms with E-state index in [0.29, 0.717) is 13.0 Å². The highest BCUT2D eigenvalue weighted by Crippen LogP contribution is 2.44. The van der Waals surface area contributed by atoms with Crippen molar-refractivity contribution in [2.45, 2.75) is 13.0 Å². The molecule has 2 aromatic carbocycles. The van der Waals surface area contributed by atoms with Crippen LogP contribution in [0.5, 0.6) is 5.75 Å². The molecular weight excluding hydrogens is 316 g/mol. The average Bonchev–Trinajstić information content (AvgIpc) is 3.00. The van der Waals surface area contributed by atoms with Crippen molar-refractivity contribution in [2.75, 3.05) is 26.5 Å². The number of fused-ring (bicyclic) bond motifs is 2. The minimum Gasteiger partial charge on any atom is -0.497 e. The number of nitrogens with zero attached hydrogens (tertiary/aromatic N) is 3. The molecule has 0 saturated heterocycles. The van der Waals surface area contributed by atoms with Crippen LogP contribution in [0.3, 0.4) is 0 Å². The molecule has 0 bridgehead atoms. The second-order valence-electron chi connectivity index (χ2n) is 6.35. The van der Waals surface area contributed by atoms with Crippen molar-refractivity contribution in [3.05, 3.63) is 36.4 Å². The molecule has 128 valence electrons. The lowest BCUT2D eigenvalue weighted by atomic mass is 10.00. The van der Waals surface area contributed by atoms with Gasteiger partial charge in [0, 0.05) is 31.8 Å². The van der Waals surface area contributed by atoms with Gasteiger partial charge in [0.2, 0.25) is 5.91 Å². The van der Waals surface area contributed by atoms with Gasteiger partial charge in [0.1, 0.15) is 11.4 Å². The molecule has 1 N–H and O–H groups in total. The van der Waals surface area contributed by atoms with Gasteiger partial charge in [0.25, 0.3) is 0 Å². The number of carbonyl (C=O) groups is 1. The van der Waals surface area contributed by atoms with Gasteiger partial charge in [0.15, 0.2) is 0 Å². The molecule has 0 spiro atoms. The van der Waals surface area contributed by atoms with Crippen LogP contribution in [0.2, 0.25) is 0 Å². The Morgan fingerprint density at radius 2 is 2.08 bits per heavy atom. The molecule has 4 rings (SSSR count). The van der Waals surface area contributed by atoms with Gasteiger partial charge in [-0.1, -0.05) is 6.07 Å². The van der Waals surface area contributed by atoms with Crippen LogP contribution in [0.25, 0.3) is 22.2 Å². The Morgan fingerprint density at radius 1 is 1.24 bits per heavy atom. The van der Waals surface area contributed by atoms with Crippen molar-refractivity contribution >= 4 is 28.2 Å². The fraction of sp³-hybridized carbons (Fsp3) is 0.263. The summed E-state index contributed by atoms with van der Waals surface area (Å²) in [7, 11) is 5.20. The third-order valence-corrected chi connectivity index (χ3v) is 4.57. The second-order valence-corrected chi connectivity index (χ2v) is 6.35. The van der Waals surface area contributed by atoms with E-state index in [1.165, 1.54) is 0 Å². The topological polar surface area (TPSA) is 59.4 Å². The number of carbonyl (C=O) groups excluding carboxylic acids is 1. The molecule has 0 radical (unpaired) electrons. The van der Waals surface area contributed by atoms with Crippen molar-refractivity contribution < 1.29 is 9.53 Å². The lowest BCUT2D eigenvalue weighted by Gasteiger charge is -2.18. The first-order valence-corrected chi connectivity index (χ1v) is 8.23. The summed E-state index contributed by atoms with van der Waals surface area (Å²) in [4.78, 5) is 13.6. The predicted octanol–water partition coefficient (Wildman–Crippen LogP) is 3.25. The van der Waals surface area contributed by atoms with Gasteiger partial charge < -0.3 is 15.0 Å². The van der Waals surface area contributed by atoms with Crippen molar-refractivity contribution in [1.82, 2.24) is 14.7 Å². The van der Waals surface area contributed by atoms with Crippen molar-refractivity contribution in [2.24, 2.45) is 0 Å². The van der Waals surface area contributed by atoms with E-state index in [-0.39, 0.29) is 5.91 Å². The lowest BCUT2D eigenvalue weighted by Crippen LogP contribution is -2.23.